The van der Waals surface area contributed by atoms with Crippen molar-refractivity contribution in [1.29, 1.82) is 0 Å². The molecule has 1 N–H and O–H groups in total. The van der Waals surface area contributed by atoms with Crippen LogP contribution >= 0.6 is 12.4 Å². The van der Waals surface area contributed by atoms with Gasteiger partial charge in [-0.05, 0) is 13.0 Å². The average Bonchev–Trinajstić information content (AvgIpc) is 2.34. The third-order valence-electron chi connectivity index (χ3n) is 1.45. The van der Waals surface area contributed by atoms with Gasteiger partial charge >= 0.3 is 0 Å². The molecule has 2 nitrogen and oxygen atoms in total. The zero-order valence-corrected chi connectivity index (χ0v) is 6.62. The van der Waals surface area contributed by atoms with Crippen LogP contribution < -0.4 is 5.32 Å². The molecule has 1 saturated heterocycles. The van der Waals surface area contributed by atoms with Gasteiger partial charge in [-0.2, -0.15) is 0 Å². The van der Waals surface area contributed by atoms with Crippen molar-refractivity contribution in [2.75, 3.05) is 26.4 Å². The molecule has 0 bridgehead atoms. The van der Waals surface area contributed by atoms with Gasteiger partial charge in [0, 0.05) is 6.54 Å². The highest BCUT2D eigenvalue weighted by Crippen LogP contribution is 2.01. The van der Waals surface area contributed by atoms with Crippen LogP contribution in [0.5, 0.6) is 0 Å². The van der Waals surface area contributed by atoms with Gasteiger partial charge in [-0.3, -0.25) is 0 Å². The van der Waals surface area contributed by atoms with E-state index in [1.807, 2.05) is 0 Å². The second-order valence-corrected chi connectivity index (χ2v) is 2.17. The molecule has 0 radical (unpaired) electrons. The monoisotopic (exact) mass is 169 g/mol. The molecule has 1 fully saturated rings. The summed E-state index contributed by atoms with van der Waals surface area (Å²) in [6.07, 6.45) is 1.29. The van der Waals surface area contributed by atoms with Crippen LogP contribution in [-0.2, 0) is 4.74 Å². The largest absolute Gasteiger partial charge is 0.374 e. The van der Waals surface area contributed by atoms with E-state index >= 15 is 0 Å². The Morgan fingerprint density at radius 3 is 2.90 bits per heavy atom. The standard InChI is InChI=1S/C6H12FNO.ClH/c7-2-4-9-6-1-3-8-5-6;/h6,8H,1-5H2;1H. The molecule has 1 heterocycles. The Bertz CT molecular complexity index is 78.1. The smallest absolute Gasteiger partial charge is 0.113 e. The average molecular weight is 170 g/mol. The summed E-state index contributed by atoms with van der Waals surface area (Å²) in [4.78, 5) is 0. The lowest BCUT2D eigenvalue weighted by Crippen LogP contribution is -2.17. The van der Waals surface area contributed by atoms with Crippen LogP contribution in [0.25, 0.3) is 0 Å². The fourth-order valence-electron chi connectivity index (χ4n) is 0.982. The van der Waals surface area contributed by atoms with Crippen LogP contribution in [0, 0.1) is 0 Å². The first-order valence-corrected chi connectivity index (χ1v) is 3.32. The van der Waals surface area contributed by atoms with Gasteiger partial charge in [0.2, 0.25) is 0 Å². The van der Waals surface area contributed by atoms with Gasteiger partial charge in [-0.15, -0.1) is 12.4 Å². The SMILES string of the molecule is Cl.FCCOC1CCNC1. The fourth-order valence-corrected chi connectivity index (χ4v) is 0.982. The van der Waals surface area contributed by atoms with Gasteiger partial charge in [-0.25, -0.2) is 4.39 Å². The van der Waals surface area contributed by atoms with Crippen LogP contribution in [0.15, 0.2) is 0 Å². The zero-order chi connectivity index (χ0) is 6.53. The highest BCUT2D eigenvalue weighted by atomic mass is 35.5. The van der Waals surface area contributed by atoms with Gasteiger partial charge in [0.05, 0.1) is 12.7 Å². The number of ether oxygens (including phenoxy) is 1. The minimum Gasteiger partial charge on any atom is -0.374 e. The number of alkyl halides is 1. The molecule has 10 heavy (non-hydrogen) atoms. The molecule has 1 aliphatic heterocycles. The zero-order valence-electron chi connectivity index (χ0n) is 5.81. The molecule has 0 saturated carbocycles. The normalized spacial score (nSPS) is 24.3. The van der Waals surface area contributed by atoms with Gasteiger partial charge in [0.15, 0.2) is 0 Å². The van der Waals surface area contributed by atoms with Gasteiger partial charge < -0.3 is 10.1 Å². The minimum absolute atomic E-state index is 0. The van der Waals surface area contributed by atoms with E-state index in [2.05, 4.69) is 5.32 Å². The number of nitrogens with one attached hydrogen (secondary N) is 1. The minimum atomic E-state index is -0.365. The molecule has 0 aromatic heterocycles. The van der Waals surface area contributed by atoms with E-state index in [0.717, 1.165) is 19.5 Å². The Labute approximate surface area is 66.5 Å². The molecule has 0 aromatic rings. The summed E-state index contributed by atoms with van der Waals surface area (Å²) in [5, 5.41) is 3.13. The highest BCUT2D eigenvalue weighted by Gasteiger charge is 2.13. The third-order valence-corrected chi connectivity index (χ3v) is 1.45. The third kappa shape index (κ3) is 3.34. The molecule has 1 aliphatic rings. The molecular formula is C6H13ClFNO. The Morgan fingerprint density at radius 2 is 2.40 bits per heavy atom. The molecule has 0 spiro atoms. The lowest BCUT2D eigenvalue weighted by atomic mass is 10.3. The fraction of sp³-hybridized carbons (Fsp3) is 1.00. The predicted molar refractivity (Wildman–Crippen MR) is 40.4 cm³/mol. The van der Waals surface area contributed by atoms with Crippen molar-refractivity contribution in [3.05, 3.63) is 0 Å². The summed E-state index contributed by atoms with van der Waals surface area (Å²) < 4.78 is 16.6. The quantitative estimate of drug-likeness (QED) is 0.674. The number of hydrogen-bond acceptors (Lipinski definition) is 2. The first-order valence-electron chi connectivity index (χ1n) is 3.32. The maximum atomic E-state index is 11.5. The summed E-state index contributed by atoms with van der Waals surface area (Å²) in [5.74, 6) is 0. The van der Waals surface area contributed by atoms with Crippen molar-refractivity contribution in [1.82, 2.24) is 5.32 Å². The Balaban J connectivity index is 0.000000810. The molecule has 62 valence electrons. The van der Waals surface area contributed by atoms with Crippen molar-refractivity contribution in [2.24, 2.45) is 0 Å². The highest BCUT2D eigenvalue weighted by molar-refractivity contribution is 5.85. The van der Waals surface area contributed by atoms with Gasteiger partial charge in [0.1, 0.15) is 6.67 Å². The van der Waals surface area contributed by atoms with Crippen LogP contribution in [0.1, 0.15) is 6.42 Å². The van der Waals surface area contributed by atoms with E-state index in [1.165, 1.54) is 0 Å². The molecule has 0 aliphatic carbocycles. The van der Waals surface area contributed by atoms with Crippen molar-refractivity contribution in [3.63, 3.8) is 0 Å². The topological polar surface area (TPSA) is 21.3 Å². The van der Waals surface area contributed by atoms with E-state index in [4.69, 9.17) is 4.74 Å². The predicted octanol–water partition coefficient (Wildman–Crippen LogP) is 0.756. The maximum absolute atomic E-state index is 11.5. The van der Waals surface area contributed by atoms with E-state index in [0.29, 0.717) is 0 Å². The van der Waals surface area contributed by atoms with Crippen LogP contribution in [-0.4, -0.2) is 32.5 Å². The first-order chi connectivity index (χ1) is 4.43. The van der Waals surface area contributed by atoms with E-state index < -0.39 is 0 Å². The molecule has 0 aromatic carbocycles. The summed E-state index contributed by atoms with van der Waals surface area (Å²) >= 11 is 0. The number of rotatable bonds is 3. The Kier molecular flexibility index (Phi) is 5.97. The Morgan fingerprint density at radius 1 is 1.60 bits per heavy atom. The second kappa shape index (κ2) is 5.89. The van der Waals surface area contributed by atoms with E-state index in [-0.39, 0.29) is 31.8 Å². The number of hydrogen-bond donors (Lipinski definition) is 1. The summed E-state index contributed by atoms with van der Waals surface area (Å²) in [7, 11) is 0. The van der Waals surface area contributed by atoms with E-state index in [9.17, 15) is 4.39 Å². The van der Waals surface area contributed by atoms with Crippen LogP contribution in [0.3, 0.4) is 0 Å². The van der Waals surface area contributed by atoms with E-state index in [1.54, 1.807) is 0 Å². The lowest BCUT2D eigenvalue weighted by Gasteiger charge is -2.06. The first kappa shape index (κ1) is 10.1. The lowest BCUT2D eigenvalue weighted by molar-refractivity contribution is 0.0573. The maximum Gasteiger partial charge on any atom is 0.113 e. The number of halogens is 2. The van der Waals surface area contributed by atoms with Gasteiger partial charge in [0.25, 0.3) is 0 Å². The molecule has 1 unspecified atom stereocenters. The molecule has 4 heteroatoms. The van der Waals surface area contributed by atoms with Crippen molar-refractivity contribution in [3.8, 4) is 0 Å². The second-order valence-electron chi connectivity index (χ2n) is 2.17. The van der Waals surface area contributed by atoms with Crippen LogP contribution in [0.2, 0.25) is 0 Å². The Hall–Kier alpha value is 0.140. The van der Waals surface area contributed by atoms with Gasteiger partial charge in [-0.1, -0.05) is 0 Å². The van der Waals surface area contributed by atoms with Crippen molar-refractivity contribution >= 4 is 12.4 Å². The molecule has 1 atom stereocenters. The molecule has 1 rings (SSSR count). The van der Waals surface area contributed by atoms with Crippen LogP contribution in [0.4, 0.5) is 4.39 Å². The van der Waals surface area contributed by atoms with Crippen molar-refractivity contribution in [2.45, 2.75) is 12.5 Å². The summed E-state index contributed by atoms with van der Waals surface area (Å²) in [5.41, 5.74) is 0. The van der Waals surface area contributed by atoms with Crippen molar-refractivity contribution < 1.29 is 9.13 Å². The summed E-state index contributed by atoms with van der Waals surface area (Å²) in [6.45, 7) is 1.79. The molecular weight excluding hydrogens is 157 g/mol. The summed E-state index contributed by atoms with van der Waals surface area (Å²) in [6, 6.07) is 0. The molecule has 0 amide bonds.